The summed E-state index contributed by atoms with van der Waals surface area (Å²) in [4.78, 5) is 2.52. The molecule has 1 N–H and O–H groups in total. The summed E-state index contributed by atoms with van der Waals surface area (Å²) in [7, 11) is 0. The van der Waals surface area contributed by atoms with Gasteiger partial charge in [-0.15, -0.1) is 0 Å². The van der Waals surface area contributed by atoms with E-state index in [4.69, 9.17) is 0 Å². The lowest BCUT2D eigenvalue weighted by atomic mass is 10.0. The van der Waals surface area contributed by atoms with E-state index in [0.717, 1.165) is 19.6 Å². The molecule has 4 heteroatoms. The fraction of sp³-hybridized carbons (Fsp3) is 0.571. The fourth-order valence-corrected chi connectivity index (χ4v) is 3.63. The van der Waals surface area contributed by atoms with Gasteiger partial charge < -0.3 is 10.2 Å². The van der Waals surface area contributed by atoms with E-state index in [1.165, 1.54) is 27.2 Å². The average Bonchev–Trinajstić information content (AvgIpc) is 2.40. The number of benzene rings is 1. The first-order valence-electron chi connectivity index (χ1n) is 6.58. The maximum absolute atomic E-state index is 3.60. The molecule has 0 radical (unpaired) electrons. The van der Waals surface area contributed by atoms with Gasteiger partial charge in [0.2, 0.25) is 0 Å². The normalized spacial score (nSPS) is 17.8. The Balaban J connectivity index is 2.27. The van der Waals surface area contributed by atoms with Crippen LogP contribution in [0.15, 0.2) is 22.7 Å². The Bertz CT molecular complexity index is 391. The molecule has 2 nitrogen and oxygen atoms in total. The SMILES string of the molecule is CCNC(C)c1ccc(Br)cc1N1CCSCC1. The van der Waals surface area contributed by atoms with Crippen molar-refractivity contribution in [2.75, 3.05) is 36.0 Å². The molecule has 100 valence electrons. The molecule has 1 saturated heterocycles. The minimum atomic E-state index is 0.410. The van der Waals surface area contributed by atoms with Crippen LogP contribution in [-0.4, -0.2) is 31.1 Å². The molecule has 18 heavy (non-hydrogen) atoms. The summed E-state index contributed by atoms with van der Waals surface area (Å²) in [5.74, 6) is 2.48. The highest BCUT2D eigenvalue weighted by atomic mass is 79.9. The van der Waals surface area contributed by atoms with Crippen molar-refractivity contribution in [1.29, 1.82) is 0 Å². The molecule has 0 bridgehead atoms. The highest BCUT2D eigenvalue weighted by molar-refractivity contribution is 9.10. The van der Waals surface area contributed by atoms with Crippen molar-refractivity contribution >= 4 is 33.4 Å². The highest BCUT2D eigenvalue weighted by Gasteiger charge is 2.17. The number of nitrogens with zero attached hydrogens (tertiary/aromatic N) is 1. The van der Waals surface area contributed by atoms with Gasteiger partial charge in [-0.2, -0.15) is 11.8 Å². The van der Waals surface area contributed by atoms with Gasteiger partial charge in [0.1, 0.15) is 0 Å². The number of rotatable bonds is 4. The fourth-order valence-electron chi connectivity index (χ4n) is 2.38. The van der Waals surface area contributed by atoms with Crippen LogP contribution in [0.2, 0.25) is 0 Å². The molecule has 0 aliphatic carbocycles. The second kappa shape index (κ2) is 6.83. The first-order chi connectivity index (χ1) is 8.72. The summed E-state index contributed by atoms with van der Waals surface area (Å²) in [5.41, 5.74) is 2.80. The Kier molecular flexibility index (Phi) is 5.39. The minimum Gasteiger partial charge on any atom is -0.370 e. The van der Waals surface area contributed by atoms with Crippen molar-refractivity contribution in [3.63, 3.8) is 0 Å². The van der Waals surface area contributed by atoms with E-state index in [9.17, 15) is 0 Å². The van der Waals surface area contributed by atoms with Crippen LogP contribution in [0.5, 0.6) is 0 Å². The number of hydrogen-bond donors (Lipinski definition) is 1. The first-order valence-corrected chi connectivity index (χ1v) is 8.52. The van der Waals surface area contributed by atoms with Crippen LogP contribution in [0.25, 0.3) is 0 Å². The summed E-state index contributed by atoms with van der Waals surface area (Å²) in [5, 5.41) is 3.51. The number of anilines is 1. The van der Waals surface area contributed by atoms with E-state index in [2.05, 4.69) is 70.0 Å². The maximum Gasteiger partial charge on any atom is 0.0426 e. The van der Waals surface area contributed by atoms with E-state index >= 15 is 0 Å². The molecule has 1 aromatic rings. The van der Waals surface area contributed by atoms with Gasteiger partial charge in [0.05, 0.1) is 0 Å². The first kappa shape index (κ1) is 14.2. The Morgan fingerprint density at radius 3 is 2.78 bits per heavy atom. The van der Waals surface area contributed by atoms with E-state index in [0.29, 0.717) is 6.04 Å². The Morgan fingerprint density at radius 1 is 1.39 bits per heavy atom. The van der Waals surface area contributed by atoms with E-state index in [1.54, 1.807) is 0 Å². The number of thioether (sulfide) groups is 1. The third kappa shape index (κ3) is 3.43. The zero-order valence-corrected chi connectivity index (χ0v) is 13.5. The molecule has 0 aromatic heterocycles. The summed E-state index contributed by atoms with van der Waals surface area (Å²) >= 11 is 5.65. The van der Waals surface area contributed by atoms with Gasteiger partial charge in [-0.05, 0) is 31.2 Å². The molecule has 1 aliphatic rings. The van der Waals surface area contributed by atoms with E-state index in [-0.39, 0.29) is 0 Å². The Labute approximate surface area is 123 Å². The standard InChI is InChI=1S/C14H21BrN2S/c1-3-16-11(2)13-5-4-12(15)10-14(13)17-6-8-18-9-7-17/h4-5,10-11,16H,3,6-9H2,1-2H3. The minimum absolute atomic E-state index is 0.410. The van der Waals surface area contributed by atoms with Crippen LogP contribution >= 0.6 is 27.7 Å². The van der Waals surface area contributed by atoms with Crippen LogP contribution in [0, 0.1) is 0 Å². The average molecular weight is 329 g/mol. The van der Waals surface area contributed by atoms with Gasteiger partial charge in [-0.1, -0.05) is 28.9 Å². The highest BCUT2D eigenvalue weighted by Crippen LogP contribution is 2.31. The summed E-state index contributed by atoms with van der Waals surface area (Å²) in [6.45, 7) is 7.73. The van der Waals surface area contributed by atoms with E-state index < -0.39 is 0 Å². The lowest BCUT2D eigenvalue weighted by Crippen LogP contribution is -2.34. The van der Waals surface area contributed by atoms with Crippen molar-refractivity contribution < 1.29 is 0 Å². The molecular formula is C14H21BrN2S. The number of hydrogen-bond acceptors (Lipinski definition) is 3. The smallest absolute Gasteiger partial charge is 0.0426 e. The molecule has 1 fully saturated rings. The van der Waals surface area contributed by atoms with Gasteiger partial charge in [-0.3, -0.25) is 0 Å². The number of nitrogens with one attached hydrogen (secondary N) is 1. The topological polar surface area (TPSA) is 15.3 Å². The molecule has 1 atom stereocenters. The summed E-state index contributed by atoms with van der Waals surface area (Å²) in [6, 6.07) is 7.06. The van der Waals surface area contributed by atoms with Crippen molar-refractivity contribution in [2.24, 2.45) is 0 Å². The molecule has 1 aromatic carbocycles. The zero-order valence-electron chi connectivity index (χ0n) is 11.1. The van der Waals surface area contributed by atoms with Gasteiger partial charge in [0.25, 0.3) is 0 Å². The van der Waals surface area contributed by atoms with Gasteiger partial charge in [-0.25, -0.2) is 0 Å². The Morgan fingerprint density at radius 2 is 2.11 bits per heavy atom. The summed E-state index contributed by atoms with van der Waals surface area (Å²) < 4.78 is 1.17. The molecule has 1 unspecified atom stereocenters. The second-order valence-corrected chi connectivity index (χ2v) is 6.72. The largest absolute Gasteiger partial charge is 0.370 e. The maximum atomic E-state index is 3.60. The van der Waals surface area contributed by atoms with Crippen molar-refractivity contribution in [1.82, 2.24) is 5.32 Å². The molecule has 2 rings (SSSR count). The second-order valence-electron chi connectivity index (χ2n) is 4.58. The van der Waals surface area contributed by atoms with Crippen molar-refractivity contribution in [3.8, 4) is 0 Å². The van der Waals surface area contributed by atoms with Gasteiger partial charge >= 0.3 is 0 Å². The van der Waals surface area contributed by atoms with Crippen LogP contribution in [0.1, 0.15) is 25.5 Å². The van der Waals surface area contributed by atoms with Crippen LogP contribution in [-0.2, 0) is 0 Å². The van der Waals surface area contributed by atoms with Crippen LogP contribution < -0.4 is 10.2 Å². The molecule has 1 aliphatic heterocycles. The molecule has 1 heterocycles. The van der Waals surface area contributed by atoms with Crippen LogP contribution in [0.4, 0.5) is 5.69 Å². The Hall–Kier alpha value is -0.190. The third-order valence-electron chi connectivity index (χ3n) is 3.32. The molecule has 0 amide bonds. The zero-order chi connectivity index (χ0) is 13.0. The predicted molar refractivity (Wildman–Crippen MR) is 85.8 cm³/mol. The van der Waals surface area contributed by atoms with Gasteiger partial charge in [0, 0.05) is 40.8 Å². The van der Waals surface area contributed by atoms with Crippen molar-refractivity contribution in [2.45, 2.75) is 19.9 Å². The number of halogens is 1. The van der Waals surface area contributed by atoms with E-state index in [1.807, 2.05) is 0 Å². The monoisotopic (exact) mass is 328 g/mol. The molecular weight excluding hydrogens is 308 g/mol. The lowest BCUT2D eigenvalue weighted by molar-refractivity contribution is 0.596. The third-order valence-corrected chi connectivity index (χ3v) is 4.76. The van der Waals surface area contributed by atoms with Crippen LogP contribution in [0.3, 0.4) is 0 Å². The summed E-state index contributed by atoms with van der Waals surface area (Å²) in [6.07, 6.45) is 0. The molecule has 0 spiro atoms. The predicted octanol–water partition coefficient (Wildman–Crippen LogP) is 3.67. The molecule has 0 saturated carbocycles. The van der Waals surface area contributed by atoms with Crippen molar-refractivity contribution in [3.05, 3.63) is 28.2 Å². The van der Waals surface area contributed by atoms with Gasteiger partial charge in [0.15, 0.2) is 0 Å². The quantitative estimate of drug-likeness (QED) is 0.907. The lowest BCUT2D eigenvalue weighted by Gasteiger charge is -2.32.